The molecule has 0 spiro atoms. The molecule has 0 amide bonds. The summed E-state index contributed by atoms with van der Waals surface area (Å²) in [7, 11) is 0. The van der Waals surface area contributed by atoms with Crippen LogP contribution in [0.15, 0.2) is 16.8 Å². The van der Waals surface area contributed by atoms with Crippen LogP contribution in [0, 0.1) is 0 Å². The van der Waals surface area contributed by atoms with Crippen LogP contribution >= 0.6 is 0 Å². The molecule has 11 heavy (non-hydrogen) atoms. The Morgan fingerprint density at radius 1 is 1.45 bits per heavy atom. The zero-order chi connectivity index (χ0) is 8.69. The van der Waals surface area contributed by atoms with Crippen LogP contribution in [-0.4, -0.2) is 12.3 Å². The number of rotatable bonds is 4. The van der Waals surface area contributed by atoms with Crippen molar-refractivity contribution in [2.75, 3.05) is 0 Å². The molecule has 0 saturated carbocycles. The van der Waals surface area contributed by atoms with Gasteiger partial charge in [-0.3, -0.25) is 4.99 Å². The number of hydrogen-bond donors (Lipinski definition) is 1. The van der Waals surface area contributed by atoms with Crippen LogP contribution in [-0.2, 0) is 0 Å². The van der Waals surface area contributed by atoms with Crippen LogP contribution in [0.25, 0.3) is 0 Å². The minimum Gasteiger partial charge on any atom is -0.404 e. The van der Waals surface area contributed by atoms with E-state index in [-0.39, 0.29) is 0 Å². The summed E-state index contributed by atoms with van der Waals surface area (Å²) in [5.74, 6) is 0. The molecule has 0 radical (unpaired) electrons. The van der Waals surface area contributed by atoms with Crippen molar-refractivity contribution in [1.29, 1.82) is 0 Å². The number of allylic oxidation sites excluding steroid dienone is 1. The average molecular weight is 154 g/mol. The lowest BCUT2D eigenvalue weighted by molar-refractivity contribution is 0.634. The van der Waals surface area contributed by atoms with Gasteiger partial charge in [0.15, 0.2) is 0 Å². The van der Waals surface area contributed by atoms with Crippen molar-refractivity contribution in [2.24, 2.45) is 10.7 Å². The maximum Gasteiger partial charge on any atom is 0.0494 e. The Kier molecular flexibility index (Phi) is 5.53. The van der Waals surface area contributed by atoms with Crippen molar-refractivity contribution >= 4 is 6.21 Å². The highest BCUT2D eigenvalue weighted by molar-refractivity contribution is 5.77. The first kappa shape index (κ1) is 10.2. The van der Waals surface area contributed by atoms with Crippen molar-refractivity contribution in [3.8, 4) is 0 Å². The summed E-state index contributed by atoms with van der Waals surface area (Å²) >= 11 is 0. The molecule has 0 aromatic carbocycles. The van der Waals surface area contributed by atoms with Crippen molar-refractivity contribution in [3.05, 3.63) is 11.8 Å². The molecule has 0 bridgehead atoms. The lowest BCUT2D eigenvalue weighted by Crippen LogP contribution is -2.00. The Bertz CT molecular complexity index is 144. The van der Waals surface area contributed by atoms with E-state index in [1.54, 1.807) is 6.20 Å². The Labute approximate surface area is 69.2 Å². The molecular weight excluding hydrogens is 136 g/mol. The fourth-order valence-corrected chi connectivity index (χ4v) is 0.766. The molecule has 0 unspecified atom stereocenters. The Hall–Kier alpha value is -0.790. The maximum atomic E-state index is 5.29. The van der Waals surface area contributed by atoms with Gasteiger partial charge in [0.25, 0.3) is 0 Å². The normalized spacial score (nSPS) is 13.3. The van der Waals surface area contributed by atoms with E-state index < -0.39 is 0 Å². The van der Waals surface area contributed by atoms with Crippen LogP contribution < -0.4 is 5.73 Å². The van der Waals surface area contributed by atoms with E-state index in [1.807, 2.05) is 13.1 Å². The third kappa shape index (κ3) is 4.59. The molecule has 0 aliphatic heterocycles. The van der Waals surface area contributed by atoms with Gasteiger partial charge in [0, 0.05) is 12.3 Å². The lowest BCUT2D eigenvalue weighted by Gasteiger charge is -2.04. The zero-order valence-corrected chi connectivity index (χ0v) is 7.67. The summed E-state index contributed by atoms with van der Waals surface area (Å²) in [6, 6.07) is 0.463. The fourth-order valence-electron chi connectivity index (χ4n) is 0.766. The second kappa shape index (κ2) is 5.96. The van der Waals surface area contributed by atoms with E-state index in [1.165, 1.54) is 0 Å². The van der Waals surface area contributed by atoms with E-state index in [9.17, 15) is 0 Å². The van der Waals surface area contributed by atoms with E-state index >= 15 is 0 Å². The zero-order valence-electron chi connectivity index (χ0n) is 7.67. The standard InChI is InChI=1S/C9H18N2/c1-4-9(5-2)11-7-8(3)6-10/h6-7,9H,4-5,10H2,1-3H3/b8-6-,11-7?. The van der Waals surface area contributed by atoms with Crippen molar-refractivity contribution in [1.82, 2.24) is 0 Å². The Balaban J connectivity index is 3.88. The molecule has 64 valence electrons. The largest absolute Gasteiger partial charge is 0.404 e. The van der Waals surface area contributed by atoms with Crippen LogP contribution in [0.1, 0.15) is 33.6 Å². The second-order valence-corrected chi connectivity index (χ2v) is 2.66. The van der Waals surface area contributed by atoms with Crippen LogP contribution in [0.2, 0.25) is 0 Å². The van der Waals surface area contributed by atoms with Crippen molar-refractivity contribution < 1.29 is 0 Å². The van der Waals surface area contributed by atoms with Gasteiger partial charge in [-0.1, -0.05) is 13.8 Å². The van der Waals surface area contributed by atoms with Crippen LogP contribution in [0.3, 0.4) is 0 Å². The lowest BCUT2D eigenvalue weighted by atomic mass is 10.2. The van der Waals surface area contributed by atoms with Gasteiger partial charge in [-0.2, -0.15) is 0 Å². The molecule has 0 heterocycles. The maximum absolute atomic E-state index is 5.29. The van der Waals surface area contributed by atoms with Crippen LogP contribution in [0.5, 0.6) is 0 Å². The first-order chi connectivity index (χ1) is 5.24. The summed E-state index contributed by atoms with van der Waals surface area (Å²) in [4.78, 5) is 4.36. The number of aliphatic imine (C=N–C) groups is 1. The minimum absolute atomic E-state index is 0.463. The van der Waals surface area contributed by atoms with Crippen molar-refractivity contribution in [3.63, 3.8) is 0 Å². The van der Waals surface area contributed by atoms with Crippen LogP contribution in [0.4, 0.5) is 0 Å². The monoisotopic (exact) mass is 154 g/mol. The fraction of sp³-hybridized carbons (Fsp3) is 0.667. The highest BCUT2D eigenvalue weighted by Gasteiger charge is 1.96. The Morgan fingerprint density at radius 2 is 2.00 bits per heavy atom. The minimum atomic E-state index is 0.463. The third-order valence-electron chi connectivity index (χ3n) is 1.69. The van der Waals surface area contributed by atoms with Gasteiger partial charge in [-0.25, -0.2) is 0 Å². The number of nitrogens with two attached hydrogens (primary N) is 1. The number of nitrogens with zero attached hydrogens (tertiary/aromatic N) is 1. The molecule has 0 atom stereocenters. The average Bonchev–Trinajstić information content (AvgIpc) is 2.06. The molecule has 0 aromatic rings. The van der Waals surface area contributed by atoms with Gasteiger partial charge < -0.3 is 5.73 Å². The Morgan fingerprint density at radius 3 is 2.36 bits per heavy atom. The summed E-state index contributed by atoms with van der Waals surface area (Å²) in [6.45, 7) is 6.24. The van der Waals surface area contributed by atoms with Gasteiger partial charge >= 0.3 is 0 Å². The van der Waals surface area contributed by atoms with Gasteiger partial charge in [0.05, 0.1) is 0 Å². The molecule has 0 rings (SSSR count). The van der Waals surface area contributed by atoms with Gasteiger partial charge in [0.1, 0.15) is 0 Å². The van der Waals surface area contributed by atoms with E-state index in [2.05, 4.69) is 18.8 Å². The highest BCUT2D eigenvalue weighted by Crippen LogP contribution is 2.01. The predicted octanol–water partition coefficient (Wildman–Crippen LogP) is 2.11. The topological polar surface area (TPSA) is 38.4 Å². The SMILES string of the molecule is CCC(CC)N=C/C(C)=C\N. The highest BCUT2D eigenvalue weighted by atomic mass is 14.8. The molecule has 0 saturated heterocycles. The first-order valence-electron chi connectivity index (χ1n) is 4.16. The quantitative estimate of drug-likeness (QED) is 0.619. The summed E-state index contributed by atoms with van der Waals surface area (Å²) in [6.07, 6.45) is 5.62. The number of hydrogen-bond acceptors (Lipinski definition) is 2. The van der Waals surface area contributed by atoms with Gasteiger partial charge in [-0.05, 0) is 31.5 Å². The molecule has 2 nitrogen and oxygen atoms in total. The summed E-state index contributed by atoms with van der Waals surface area (Å²) in [5.41, 5.74) is 6.31. The first-order valence-corrected chi connectivity index (χ1v) is 4.16. The van der Waals surface area contributed by atoms with E-state index in [0.29, 0.717) is 6.04 Å². The molecule has 0 fully saturated rings. The predicted molar refractivity (Wildman–Crippen MR) is 50.8 cm³/mol. The van der Waals surface area contributed by atoms with Crippen molar-refractivity contribution in [2.45, 2.75) is 39.7 Å². The molecule has 0 aliphatic rings. The molecule has 2 heteroatoms. The molecule has 2 N–H and O–H groups in total. The summed E-state index contributed by atoms with van der Waals surface area (Å²) in [5, 5.41) is 0. The molecule has 0 aromatic heterocycles. The summed E-state index contributed by atoms with van der Waals surface area (Å²) < 4.78 is 0. The molecular formula is C9H18N2. The molecule has 0 aliphatic carbocycles. The van der Waals surface area contributed by atoms with E-state index in [4.69, 9.17) is 5.73 Å². The second-order valence-electron chi connectivity index (χ2n) is 2.66. The van der Waals surface area contributed by atoms with Gasteiger partial charge in [-0.15, -0.1) is 0 Å². The smallest absolute Gasteiger partial charge is 0.0494 e. The van der Waals surface area contributed by atoms with E-state index in [0.717, 1.165) is 18.4 Å². The third-order valence-corrected chi connectivity index (χ3v) is 1.69. The van der Waals surface area contributed by atoms with Gasteiger partial charge in [0.2, 0.25) is 0 Å².